The summed E-state index contributed by atoms with van der Waals surface area (Å²) in [7, 11) is 0. The van der Waals surface area contributed by atoms with Crippen molar-refractivity contribution in [2.75, 3.05) is 11.9 Å². The highest BCUT2D eigenvalue weighted by Crippen LogP contribution is 2.28. The van der Waals surface area contributed by atoms with Gasteiger partial charge in [-0.05, 0) is 33.7 Å². The molecule has 1 amide bonds. The minimum Gasteiger partial charge on any atom is -0.483 e. The van der Waals surface area contributed by atoms with Crippen molar-refractivity contribution in [2.45, 2.75) is 32.9 Å². The number of primary amides is 1. The van der Waals surface area contributed by atoms with Crippen LogP contribution in [0.4, 0.5) is 5.95 Å². The van der Waals surface area contributed by atoms with Gasteiger partial charge in [-0.1, -0.05) is 48.8 Å². The molecular weight excluding hydrogens is 332 g/mol. The van der Waals surface area contributed by atoms with E-state index >= 15 is 0 Å². The first-order valence-electron chi connectivity index (χ1n) is 8.60. The molecule has 136 valence electrons. The van der Waals surface area contributed by atoms with Gasteiger partial charge < -0.3 is 15.8 Å². The predicted molar refractivity (Wildman–Crippen MR) is 98.7 cm³/mol. The minimum atomic E-state index is -0.513. The average molecular weight is 354 g/mol. The fraction of sp³-hybridized carbons (Fsp3) is 0.333. The Morgan fingerprint density at radius 1 is 1.27 bits per heavy atom. The number of ether oxygens (including phenoxy) is 1. The van der Waals surface area contributed by atoms with Crippen LogP contribution in [-0.2, 0) is 17.9 Å². The highest BCUT2D eigenvalue weighted by atomic mass is 16.5. The summed E-state index contributed by atoms with van der Waals surface area (Å²) in [6.45, 7) is 3.17. The fourth-order valence-corrected chi connectivity index (χ4v) is 2.74. The van der Waals surface area contributed by atoms with Crippen LogP contribution in [0.15, 0.2) is 36.4 Å². The van der Waals surface area contributed by atoms with E-state index in [1.54, 1.807) is 4.68 Å². The zero-order chi connectivity index (χ0) is 18.4. The number of benzene rings is 2. The number of unbranched alkanes of at least 4 members (excludes halogenated alkanes) is 1. The highest BCUT2D eigenvalue weighted by molar-refractivity contribution is 5.88. The number of carbonyl (C=O) groups excluding carboxylic acids is 1. The van der Waals surface area contributed by atoms with Crippen molar-refractivity contribution in [3.05, 3.63) is 42.0 Å². The molecule has 3 N–H and O–H groups in total. The van der Waals surface area contributed by atoms with Crippen LogP contribution in [0.1, 0.15) is 25.3 Å². The van der Waals surface area contributed by atoms with Gasteiger partial charge in [0, 0.05) is 18.7 Å². The van der Waals surface area contributed by atoms with Crippen molar-refractivity contribution in [2.24, 2.45) is 5.73 Å². The van der Waals surface area contributed by atoms with Gasteiger partial charge in [0.15, 0.2) is 6.61 Å². The Bertz CT molecular complexity index is 892. The molecule has 0 fully saturated rings. The summed E-state index contributed by atoms with van der Waals surface area (Å²) >= 11 is 0. The van der Waals surface area contributed by atoms with Gasteiger partial charge in [-0.15, -0.1) is 0 Å². The van der Waals surface area contributed by atoms with Crippen molar-refractivity contribution in [3.63, 3.8) is 0 Å². The number of amides is 1. The quantitative estimate of drug-likeness (QED) is 0.609. The second-order valence-corrected chi connectivity index (χ2v) is 5.95. The summed E-state index contributed by atoms with van der Waals surface area (Å²) in [6.07, 6.45) is 2.06. The second kappa shape index (κ2) is 8.28. The standard InChI is InChI=1S/C18H22N6O2/c1-2-3-10-24-18(21-22-23-24)20-11-15-14-7-5-4-6-13(14)8-9-16(15)26-12-17(19)25/h4-9H,2-3,10-12H2,1H3,(H2,19,25)(H,20,21,23). The topological polar surface area (TPSA) is 108 Å². The zero-order valence-electron chi connectivity index (χ0n) is 14.7. The first-order chi connectivity index (χ1) is 12.7. The molecule has 8 nitrogen and oxygen atoms in total. The number of carbonyl (C=O) groups is 1. The minimum absolute atomic E-state index is 0.167. The monoisotopic (exact) mass is 354 g/mol. The van der Waals surface area contributed by atoms with E-state index < -0.39 is 5.91 Å². The van der Waals surface area contributed by atoms with Crippen molar-refractivity contribution in [1.82, 2.24) is 20.2 Å². The molecule has 0 radical (unpaired) electrons. The van der Waals surface area contributed by atoms with E-state index in [-0.39, 0.29) is 6.61 Å². The molecule has 26 heavy (non-hydrogen) atoms. The number of nitrogens with two attached hydrogens (primary N) is 1. The highest BCUT2D eigenvalue weighted by Gasteiger charge is 2.12. The molecule has 0 bridgehead atoms. The van der Waals surface area contributed by atoms with E-state index in [0.29, 0.717) is 18.2 Å². The third-order valence-electron chi connectivity index (χ3n) is 4.05. The largest absolute Gasteiger partial charge is 0.483 e. The van der Waals surface area contributed by atoms with E-state index in [0.717, 1.165) is 35.7 Å². The maximum atomic E-state index is 11.1. The molecule has 1 aromatic heterocycles. The van der Waals surface area contributed by atoms with Crippen molar-refractivity contribution >= 4 is 22.6 Å². The van der Waals surface area contributed by atoms with Crippen LogP contribution >= 0.6 is 0 Å². The summed E-state index contributed by atoms with van der Waals surface area (Å²) < 4.78 is 7.35. The Morgan fingerprint density at radius 2 is 2.12 bits per heavy atom. The van der Waals surface area contributed by atoms with Gasteiger partial charge in [0.05, 0.1) is 0 Å². The van der Waals surface area contributed by atoms with Crippen LogP contribution in [-0.4, -0.2) is 32.7 Å². The lowest BCUT2D eigenvalue weighted by Crippen LogP contribution is -2.20. The molecule has 0 atom stereocenters. The van der Waals surface area contributed by atoms with Crippen molar-refractivity contribution in [3.8, 4) is 5.75 Å². The Labute approximate surface area is 151 Å². The molecule has 0 saturated carbocycles. The van der Waals surface area contributed by atoms with Gasteiger partial charge in [-0.3, -0.25) is 4.79 Å². The molecule has 0 spiro atoms. The van der Waals surface area contributed by atoms with E-state index in [2.05, 4.69) is 27.8 Å². The first kappa shape index (κ1) is 17.7. The lowest BCUT2D eigenvalue weighted by atomic mass is 10.0. The second-order valence-electron chi connectivity index (χ2n) is 5.95. The van der Waals surface area contributed by atoms with Crippen LogP contribution in [0.2, 0.25) is 0 Å². The molecule has 0 unspecified atom stereocenters. The number of tetrazole rings is 1. The normalized spacial score (nSPS) is 10.8. The van der Waals surface area contributed by atoms with Gasteiger partial charge in [0.2, 0.25) is 5.95 Å². The number of aromatic nitrogens is 4. The zero-order valence-corrected chi connectivity index (χ0v) is 14.7. The van der Waals surface area contributed by atoms with E-state index in [9.17, 15) is 4.79 Å². The van der Waals surface area contributed by atoms with Crippen LogP contribution in [0.5, 0.6) is 5.75 Å². The lowest BCUT2D eigenvalue weighted by Gasteiger charge is -2.14. The molecule has 0 aliphatic carbocycles. The maximum absolute atomic E-state index is 11.1. The van der Waals surface area contributed by atoms with Crippen LogP contribution in [0.25, 0.3) is 10.8 Å². The Morgan fingerprint density at radius 3 is 2.92 bits per heavy atom. The van der Waals surface area contributed by atoms with E-state index in [1.165, 1.54) is 0 Å². The number of anilines is 1. The molecule has 2 aromatic carbocycles. The lowest BCUT2D eigenvalue weighted by molar-refractivity contribution is -0.119. The molecule has 1 heterocycles. The van der Waals surface area contributed by atoms with Crippen LogP contribution in [0, 0.1) is 0 Å². The third kappa shape index (κ3) is 4.08. The third-order valence-corrected chi connectivity index (χ3v) is 4.05. The smallest absolute Gasteiger partial charge is 0.255 e. The first-order valence-corrected chi connectivity index (χ1v) is 8.60. The summed E-state index contributed by atoms with van der Waals surface area (Å²) in [4.78, 5) is 11.1. The molecular formula is C18H22N6O2. The van der Waals surface area contributed by atoms with Gasteiger partial charge in [0.25, 0.3) is 5.91 Å². The number of rotatable bonds is 9. The maximum Gasteiger partial charge on any atom is 0.255 e. The SMILES string of the molecule is CCCCn1nnnc1NCc1c(OCC(N)=O)ccc2ccccc12. The summed E-state index contributed by atoms with van der Waals surface area (Å²) in [5.74, 6) is 0.704. The van der Waals surface area contributed by atoms with Crippen molar-refractivity contribution < 1.29 is 9.53 Å². The van der Waals surface area contributed by atoms with E-state index in [1.807, 2.05) is 36.4 Å². The van der Waals surface area contributed by atoms with Crippen LogP contribution < -0.4 is 15.8 Å². The number of hydrogen-bond acceptors (Lipinski definition) is 6. The average Bonchev–Trinajstić information content (AvgIpc) is 3.10. The van der Waals surface area contributed by atoms with Gasteiger partial charge in [-0.2, -0.15) is 0 Å². The predicted octanol–water partition coefficient (Wildman–Crippen LogP) is 2.10. The summed E-state index contributed by atoms with van der Waals surface area (Å²) in [5.41, 5.74) is 6.14. The number of hydrogen-bond donors (Lipinski definition) is 2. The molecule has 8 heteroatoms. The Balaban J connectivity index is 1.86. The van der Waals surface area contributed by atoms with Gasteiger partial charge in [0.1, 0.15) is 5.75 Å². The number of aryl methyl sites for hydroxylation is 1. The molecule has 0 aliphatic rings. The molecule has 3 rings (SSSR count). The summed E-state index contributed by atoms with van der Waals surface area (Å²) in [5, 5.41) is 17.2. The Kier molecular flexibility index (Phi) is 5.62. The summed E-state index contributed by atoms with van der Waals surface area (Å²) in [6, 6.07) is 11.8. The van der Waals surface area contributed by atoms with Crippen LogP contribution in [0.3, 0.4) is 0 Å². The number of nitrogens with one attached hydrogen (secondary N) is 1. The van der Waals surface area contributed by atoms with Gasteiger partial charge >= 0.3 is 0 Å². The van der Waals surface area contributed by atoms with E-state index in [4.69, 9.17) is 10.5 Å². The number of fused-ring (bicyclic) bond motifs is 1. The molecule has 3 aromatic rings. The molecule has 0 aliphatic heterocycles. The van der Waals surface area contributed by atoms with Crippen molar-refractivity contribution in [1.29, 1.82) is 0 Å². The van der Waals surface area contributed by atoms with Gasteiger partial charge in [-0.25, -0.2) is 4.68 Å². The Hall–Kier alpha value is -3.16. The fourth-order valence-electron chi connectivity index (χ4n) is 2.74. The number of nitrogens with zero attached hydrogens (tertiary/aromatic N) is 4. The molecule has 0 saturated heterocycles.